The van der Waals surface area contributed by atoms with Crippen molar-refractivity contribution in [2.24, 2.45) is 5.73 Å². The molecule has 0 saturated heterocycles. The minimum Gasteiger partial charge on any atom is -0.475 e. The molecule has 0 atom stereocenters. The molecule has 0 radical (unpaired) electrons. The van der Waals surface area contributed by atoms with Crippen LogP contribution in [0.15, 0.2) is 59.3 Å². The molecule has 15 heteroatoms. The minimum absolute atomic E-state index is 0.0806. The average Bonchev–Trinajstić information content (AvgIpc) is 3.24. The van der Waals surface area contributed by atoms with Gasteiger partial charge in [-0.05, 0) is 36.2 Å². The number of nitrogens with two attached hydrogens (primary N) is 1. The summed E-state index contributed by atoms with van der Waals surface area (Å²) in [5.41, 5.74) is 8.32. The van der Waals surface area contributed by atoms with Gasteiger partial charge >= 0.3 is 17.8 Å². The van der Waals surface area contributed by atoms with Crippen LogP contribution in [-0.4, -0.2) is 56.1 Å². The molecule has 1 aliphatic heterocycles. The van der Waals surface area contributed by atoms with Crippen molar-refractivity contribution in [3.63, 3.8) is 0 Å². The summed E-state index contributed by atoms with van der Waals surface area (Å²) in [6, 6.07) is 9.10. The number of alkyl halides is 3. The number of aromatic nitrogens is 4. The molecule has 3 heterocycles. The Morgan fingerprint density at radius 3 is 2.42 bits per heavy atom. The van der Waals surface area contributed by atoms with Crippen molar-refractivity contribution in [1.82, 2.24) is 19.3 Å². The Morgan fingerprint density at radius 1 is 1.13 bits per heavy atom. The maximum atomic E-state index is 12.9. The normalized spacial score (nSPS) is 12.9. The van der Waals surface area contributed by atoms with Gasteiger partial charge in [-0.2, -0.15) is 27.1 Å². The first-order valence-corrected chi connectivity index (χ1v) is 10.9. The summed E-state index contributed by atoms with van der Waals surface area (Å²) in [6.45, 7) is -0.736. The quantitative estimate of drug-likeness (QED) is 0.475. The predicted molar refractivity (Wildman–Crippen MR) is 125 cm³/mol. The standard InChI is InChI=1S/C21H20F2N6O2.C2HF3O2/c1-27-18-4-2-13(8-14(18)3-5-19(27)30)17-9-16(6-7-25-17)28-12-26-29(21(28)31)11-15(10-24)20(22)23;3-2(4,5)1(6)7/h2,4,6-9,12H,3,5,10-11,24H2,1H3;(H,6,7). The summed E-state index contributed by atoms with van der Waals surface area (Å²) in [5, 5.41) is 11.0. The van der Waals surface area contributed by atoms with Crippen LogP contribution in [0.5, 0.6) is 0 Å². The summed E-state index contributed by atoms with van der Waals surface area (Å²) in [4.78, 5) is 39.5. The fraction of sp³-hybridized carbons (Fsp3) is 0.261. The molecule has 1 amide bonds. The Kier molecular flexibility index (Phi) is 8.40. The smallest absolute Gasteiger partial charge is 0.475 e. The first-order valence-electron chi connectivity index (χ1n) is 10.9. The third kappa shape index (κ3) is 6.29. The van der Waals surface area contributed by atoms with Gasteiger partial charge in [-0.3, -0.25) is 9.78 Å². The molecule has 3 aromatic rings. The highest BCUT2D eigenvalue weighted by Gasteiger charge is 2.38. The maximum Gasteiger partial charge on any atom is 0.490 e. The van der Waals surface area contributed by atoms with Crippen LogP contribution in [0.4, 0.5) is 27.6 Å². The van der Waals surface area contributed by atoms with Crippen LogP contribution in [0, 0.1) is 0 Å². The molecule has 2 aromatic heterocycles. The first-order chi connectivity index (χ1) is 17.8. The van der Waals surface area contributed by atoms with Crippen molar-refractivity contribution in [2.45, 2.75) is 25.6 Å². The van der Waals surface area contributed by atoms with Crippen LogP contribution in [0.3, 0.4) is 0 Å². The molecule has 3 N–H and O–H groups in total. The Bertz CT molecular complexity index is 1440. The predicted octanol–water partition coefficient (Wildman–Crippen LogP) is 2.75. The number of carbonyl (C=O) groups excluding carboxylic acids is 1. The highest BCUT2D eigenvalue weighted by atomic mass is 19.4. The van der Waals surface area contributed by atoms with E-state index in [1.165, 1.54) is 10.9 Å². The highest BCUT2D eigenvalue weighted by molar-refractivity contribution is 5.96. The number of aliphatic carboxylic acids is 1. The number of amides is 1. The number of carboxylic acid groups (broad SMARTS) is 1. The largest absolute Gasteiger partial charge is 0.490 e. The van der Waals surface area contributed by atoms with Gasteiger partial charge < -0.3 is 15.7 Å². The summed E-state index contributed by atoms with van der Waals surface area (Å²) >= 11 is 0. The molecule has 0 aliphatic carbocycles. The molecule has 0 bridgehead atoms. The van der Waals surface area contributed by atoms with Gasteiger partial charge in [-0.1, -0.05) is 6.07 Å². The zero-order chi connectivity index (χ0) is 28.2. The number of fused-ring (bicyclic) bond motifs is 1. The number of hydrogen-bond donors (Lipinski definition) is 2. The van der Waals surface area contributed by atoms with Crippen LogP contribution >= 0.6 is 0 Å². The van der Waals surface area contributed by atoms with E-state index in [1.54, 1.807) is 30.3 Å². The second-order valence-corrected chi connectivity index (χ2v) is 8.01. The van der Waals surface area contributed by atoms with E-state index in [0.717, 1.165) is 21.5 Å². The van der Waals surface area contributed by atoms with E-state index in [9.17, 15) is 31.5 Å². The lowest BCUT2D eigenvalue weighted by molar-refractivity contribution is -0.192. The number of hydrogen-bond acceptors (Lipinski definition) is 6. The van der Waals surface area contributed by atoms with Gasteiger partial charge in [0.1, 0.15) is 6.33 Å². The zero-order valence-corrected chi connectivity index (χ0v) is 19.7. The van der Waals surface area contributed by atoms with E-state index in [-0.39, 0.29) is 24.6 Å². The zero-order valence-electron chi connectivity index (χ0n) is 19.7. The number of pyridine rings is 1. The number of rotatable bonds is 5. The lowest BCUT2D eigenvalue weighted by Crippen LogP contribution is -2.30. The number of aryl methyl sites for hydroxylation is 1. The number of halogens is 5. The number of benzene rings is 1. The molecule has 0 saturated carbocycles. The van der Waals surface area contributed by atoms with Crippen molar-refractivity contribution in [3.8, 4) is 16.9 Å². The molecule has 0 unspecified atom stereocenters. The van der Waals surface area contributed by atoms with E-state index < -0.39 is 23.9 Å². The Balaban J connectivity index is 0.000000505. The molecule has 1 aromatic carbocycles. The first kappa shape index (κ1) is 28.2. The van der Waals surface area contributed by atoms with Gasteiger partial charge in [0.15, 0.2) is 0 Å². The number of carbonyl (C=O) groups is 2. The summed E-state index contributed by atoms with van der Waals surface area (Å²) in [7, 11) is 1.75. The minimum atomic E-state index is -5.08. The summed E-state index contributed by atoms with van der Waals surface area (Å²) in [5.74, 6) is -2.68. The third-order valence-corrected chi connectivity index (χ3v) is 5.57. The number of carboxylic acids is 1. The lowest BCUT2D eigenvalue weighted by atomic mass is 9.98. The van der Waals surface area contributed by atoms with E-state index >= 15 is 0 Å². The van der Waals surface area contributed by atoms with Gasteiger partial charge in [0.2, 0.25) is 5.91 Å². The van der Waals surface area contributed by atoms with Crippen LogP contribution in [-0.2, 0) is 22.6 Å². The third-order valence-electron chi connectivity index (χ3n) is 5.57. The van der Waals surface area contributed by atoms with Crippen LogP contribution in [0.25, 0.3) is 16.9 Å². The van der Waals surface area contributed by atoms with Crippen molar-refractivity contribution in [3.05, 3.63) is 70.6 Å². The second kappa shape index (κ2) is 11.3. The molecular weight excluding hydrogens is 519 g/mol. The number of nitrogens with zero attached hydrogens (tertiary/aromatic N) is 5. The summed E-state index contributed by atoms with van der Waals surface area (Å²) < 4.78 is 59.7. The molecule has 0 fully saturated rings. The van der Waals surface area contributed by atoms with Gasteiger partial charge in [0, 0.05) is 43.0 Å². The average molecular weight is 540 g/mol. The Morgan fingerprint density at radius 2 is 1.82 bits per heavy atom. The van der Waals surface area contributed by atoms with Gasteiger partial charge in [-0.15, -0.1) is 0 Å². The Hall–Kier alpha value is -4.40. The van der Waals surface area contributed by atoms with Crippen molar-refractivity contribution in [1.29, 1.82) is 0 Å². The second-order valence-electron chi connectivity index (χ2n) is 8.01. The highest BCUT2D eigenvalue weighted by Crippen LogP contribution is 2.31. The van der Waals surface area contributed by atoms with E-state index in [2.05, 4.69) is 10.1 Å². The van der Waals surface area contributed by atoms with E-state index in [4.69, 9.17) is 15.6 Å². The molecule has 0 spiro atoms. The molecule has 10 nitrogen and oxygen atoms in total. The van der Waals surface area contributed by atoms with Crippen molar-refractivity contribution in [2.75, 3.05) is 18.5 Å². The molecule has 1 aliphatic rings. The lowest BCUT2D eigenvalue weighted by Gasteiger charge is -2.26. The van der Waals surface area contributed by atoms with E-state index in [1.807, 2.05) is 18.2 Å². The van der Waals surface area contributed by atoms with Crippen LogP contribution < -0.4 is 16.3 Å². The molecule has 4 rings (SSSR count). The van der Waals surface area contributed by atoms with Crippen LogP contribution in [0.2, 0.25) is 0 Å². The monoisotopic (exact) mass is 540 g/mol. The number of anilines is 1. The topological polar surface area (TPSA) is 136 Å². The molecular formula is C23H21F5N6O4. The van der Waals surface area contributed by atoms with Gasteiger partial charge in [-0.25, -0.2) is 18.8 Å². The van der Waals surface area contributed by atoms with E-state index in [0.29, 0.717) is 24.2 Å². The Labute approximate surface area is 211 Å². The SMILES string of the molecule is CN1C(=O)CCc2cc(-c3cc(-n4cnn(CC(CN)=C(F)F)c4=O)ccn3)ccc21.O=C(O)C(F)(F)F. The fourth-order valence-electron chi connectivity index (χ4n) is 3.55. The van der Waals surface area contributed by atoms with Crippen molar-refractivity contribution < 1.29 is 36.6 Å². The molecule has 202 valence electrons. The van der Waals surface area contributed by atoms with Crippen LogP contribution in [0.1, 0.15) is 12.0 Å². The maximum absolute atomic E-state index is 12.9. The summed E-state index contributed by atoms with van der Waals surface area (Å²) in [6.07, 6.45) is -3.04. The van der Waals surface area contributed by atoms with Crippen molar-refractivity contribution >= 4 is 17.6 Å². The van der Waals surface area contributed by atoms with Gasteiger partial charge in [0.05, 0.1) is 17.9 Å². The fourth-order valence-corrected chi connectivity index (χ4v) is 3.55. The molecule has 38 heavy (non-hydrogen) atoms. The van der Waals surface area contributed by atoms with Gasteiger partial charge in [0.25, 0.3) is 6.08 Å².